The van der Waals surface area contributed by atoms with Gasteiger partial charge >= 0.3 is 0 Å². The molecule has 0 heterocycles. The molecule has 0 fully saturated rings. The van der Waals surface area contributed by atoms with Crippen LogP contribution in [0.3, 0.4) is 0 Å². The number of thioether (sulfide) groups is 1. The SMILES string of the molecule is Cc1ccc(NC(=O)CSc2ccc(N)cc2F)cc1. The molecule has 2 rings (SSSR count). The summed E-state index contributed by atoms with van der Waals surface area (Å²) in [5.41, 5.74) is 7.70. The summed E-state index contributed by atoms with van der Waals surface area (Å²) in [5, 5.41) is 2.76. The van der Waals surface area contributed by atoms with E-state index >= 15 is 0 Å². The van der Waals surface area contributed by atoms with Crippen molar-refractivity contribution in [1.29, 1.82) is 0 Å². The molecule has 0 spiro atoms. The number of rotatable bonds is 4. The van der Waals surface area contributed by atoms with Gasteiger partial charge in [-0.05, 0) is 37.3 Å². The molecule has 0 radical (unpaired) electrons. The van der Waals surface area contributed by atoms with E-state index in [1.54, 1.807) is 12.1 Å². The Morgan fingerprint density at radius 2 is 1.95 bits per heavy atom. The molecule has 0 saturated heterocycles. The fourth-order valence-electron chi connectivity index (χ4n) is 1.61. The van der Waals surface area contributed by atoms with Gasteiger partial charge in [0, 0.05) is 16.3 Å². The zero-order valence-electron chi connectivity index (χ0n) is 11.0. The smallest absolute Gasteiger partial charge is 0.234 e. The number of anilines is 2. The van der Waals surface area contributed by atoms with Gasteiger partial charge in [-0.1, -0.05) is 17.7 Å². The van der Waals surface area contributed by atoms with E-state index in [-0.39, 0.29) is 11.7 Å². The van der Waals surface area contributed by atoms with Crippen LogP contribution in [0, 0.1) is 12.7 Å². The Morgan fingerprint density at radius 1 is 1.25 bits per heavy atom. The van der Waals surface area contributed by atoms with Crippen LogP contribution in [0.5, 0.6) is 0 Å². The fraction of sp³-hybridized carbons (Fsp3) is 0.133. The summed E-state index contributed by atoms with van der Waals surface area (Å²) >= 11 is 1.14. The molecule has 0 bridgehead atoms. The lowest BCUT2D eigenvalue weighted by molar-refractivity contribution is -0.113. The van der Waals surface area contributed by atoms with Crippen LogP contribution < -0.4 is 11.1 Å². The molecule has 5 heteroatoms. The van der Waals surface area contributed by atoms with E-state index in [1.165, 1.54) is 6.07 Å². The van der Waals surface area contributed by atoms with Crippen molar-refractivity contribution in [2.75, 3.05) is 16.8 Å². The summed E-state index contributed by atoms with van der Waals surface area (Å²) in [6.07, 6.45) is 0. The average molecular weight is 290 g/mol. The second kappa shape index (κ2) is 6.43. The van der Waals surface area contributed by atoms with Crippen molar-refractivity contribution >= 4 is 29.0 Å². The van der Waals surface area contributed by atoms with Gasteiger partial charge in [-0.3, -0.25) is 4.79 Å². The Hall–Kier alpha value is -2.01. The van der Waals surface area contributed by atoms with Crippen molar-refractivity contribution in [3.05, 3.63) is 53.8 Å². The Balaban J connectivity index is 1.90. The van der Waals surface area contributed by atoms with Crippen LogP contribution in [0.1, 0.15) is 5.56 Å². The van der Waals surface area contributed by atoms with Crippen LogP contribution in [0.2, 0.25) is 0 Å². The molecule has 0 saturated carbocycles. The van der Waals surface area contributed by atoms with Crippen LogP contribution in [0.4, 0.5) is 15.8 Å². The van der Waals surface area contributed by atoms with E-state index in [1.807, 2.05) is 31.2 Å². The highest BCUT2D eigenvalue weighted by atomic mass is 32.2. The number of halogens is 1. The largest absolute Gasteiger partial charge is 0.399 e. The fourth-order valence-corrected chi connectivity index (χ4v) is 2.33. The van der Waals surface area contributed by atoms with Crippen molar-refractivity contribution < 1.29 is 9.18 Å². The Bertz CT molecular complexity index is 614. The molecular formula is C15H15FN2OS. The minimum atomic E-state index is -0.405. The lowest BCUT2D eigenvalue weighted by atomic mass is 10.2. The Morgan fingerprint density at radius 3 is 2.60 bits per heavy atom. The number of carbonyl (C=O) groups excluding carboxylic acids is 1. The molecule has 0 atom stereocenters. The first-order valence-electron chi connectivity index (χ1n) is 6.09. The molecule has 1 amide bonds. The van der Waals surface area contributed by atoms with Crippen molar-refractivity contribution in [2.24, 2.45) is 0 Å². The minimum Gasteiger partial charge on any atom is -0.399 e. The second-order valence-electron chi connectivity index (χ2n) is 4.39. The van der Waals surface area contributed by atoms with Gasteiger partial charge in [0.15, 0.2) is 0 Å². The molecule has 104 valence electrons. The van der Waals surface area contributed by atoms with Gasteiger partial charge in [-0.2, -0.15) is 0 Å². The van der Waals surface area contributed by atoms with E-state index in [9.17, 15) is 9.18 Å². The van der Waals surface area contributed by atoms with Gasteiger partial charge < -0.3 is 11.1 Å². The summed E-state index contributed by atoms with van der Waals surface area (Å²) in [6, 6.07) is 12.0. The number of nitrogens with one attached hydrogen (secondary N) is 1. The first-order valence-corrected chi connectivity index (χ1v) is 7.07. The molecule has 0 aromatic heterocycles. The lowest BCUT2D eigenvalue weighted by Gasteiger charge is -2.06. The molecule has 0 aliphatic heterocycles. The van der Waals surface area contributed by atoms with Gasteiger partial charge in [0.25, 0.3) is 0 Å². The van der Waals surface area contributed by atoms with Gasteiger partial charge in [-0.25, -0.2) is 4.39 Å². The number of aryl methyl sites for hydroxylation is 1. The zero-order valence-corrected chi connectivity index (χ0v) is 11.8. The highest BCUT2D eigenvalue weighted by Crippen LogP contribution is 2.23. The van der Waals surface area contributed by atoms with E-state index in [0.29, 0.717) is 10.6 Å². The molecule has 3 nitrogen and oxygen atoms in total. The van der Waals surface area contributed by atoms with Crippen LogP contribution in [0.15, 0.2) is 47.4 Å². The molecule has 0 aliphatic rings. The summed E-state index contributed by atoms with van der Waals surface area (Å²) in [4.78, 5) is 12.2. The maximum absolute atomic E-state index is 13.5. The third-order valence-electron chi connectivity index (χ3n) is 2.65. The lowest BCUT2D eigenvalue weighted by Crippen LogP contribution is -2.14. The zero-order chi connectivity index (χ0) is 14.5. The molecule has 2 aromatic rings. The summed E-state index contributed by atoms with van der Waals surface area (Å²) in [6.45, 7) is 1.98. The van der Waals surface area contributed by atoms with Gasteiger partial charge in [0.1, 0.15) is 5.82 Å². The first-order chi connectivity index (χ1) is 9.54. The first kappa shape index (κ1) is 14.4. The predicted octanol–water partition coefficient (Wildman–Crippen LogP) is 3.45. The van der Waals surface area contributed by atoms with Crippen molar-refractivity contribution in [3.8, 4) is 0 Å². The average Bonchev–Trinajstić information content (AvgIpc) is 2.40. The van der Waals surface area contributed by atoms with Crippen LogP contribution in [-0.2, 0) is 4.79 Å². The van der Waals surface area contributed by atoms with Crippen LogP contribution in [0.25, 0.3) is 0 Å². The van der Waals surface area contributed by atoms with Crippen LogP contribution >= 0.6 is 11.8 Å². The van der Waals surface area contributed by atoms with Crippen LogP contribution in [-0.4, -0.2) is 11.7 Å². The molecule has 20 heavy (non-hydrogen) atoms. The number of amides is 1. The van der Waals surface area contributed by atoms with Gasteiger partial charge in [0.05, 0.1) is 5.75 Å². The minimum absolute atomic E-state index is 0.148. The maximum Gasteiger partial charge on any atom is 0.234 e. The molecule has 0 aliphatic carbocycles. The molecule has 2 aromatic carbocycles. The van der Waals surface area contributed by atoms with Crippen molar-refractivity contribution in [2.45, 2.75) is 11.8 Å². The Kier molecular flexibility index (Phi) is 4.63. The Labute approximate surface area is 121 Å². The number of hydrogen-bond acceptors (Lipinski definition) is 3. The second-order valence-corrected chi connectivity index (χ2v) is 5.41. The monoisotopic (exact) mass is 290 g/mol. The maximum atomic E-state index is 13.5. The quantitative estimate of drug-likeness (QED) is 0.670. The third-order valence-corrected chi connectivity index (χ3v) is 3.70. The van der Waals surface area contributed by atoms with E-state index in [4.69, 9.17) is 5.73 Å². The predicted molar refractivity (Wildman–Crippen MR) is 81.3 cm³/mol. The number of carbonyl (C=O) groups is 1. The van der Waals surface area contributed by atoms with Gasteiger partial charge in [-0.15, -0.1) is 11.8 Å². The molecule has 3 N–H and O–H groups in total. The number of nitrogens with two attached hydrogens (primary N) is 1. The molecular weight excluding hydrogens is 275 g/mol. The van der Waals surface area contributed by atoms with Crippen molar-refractivity contribution in [3.63, 3.8) is 0 Å². The van der Waals surface area contributed by atoms with Gasteiger partial charge in [0.2, 0.25) is 5.91 Å². The number of hydrogen-bond donors (Lipinski definition) is 2. The highest BCUT2D eigenvalue weighted by molar-refractivity contribution is 8.00. The standard InChI is InChI=1S/C15H15FN2OS/c1-10-2-5-12(6-3-10)18-15(19)9-20-14-7-4-11(17)8-13(14)16/h2-8H,9,17H2,1H3,(H,18,19). The number of nitrogen functional groups attached to an aromatic ring is 1. The van der Waals surface area contributed by atoms with E-state index in [0.717, 1.165) is 23.0 Å². The summed E-state index contributed by atoms with van der Waals surface area (Å²) in [7, 11) is 0. The molecule has 0 unspecified atom stereocenters. The normalized spacial score (nSPS) is 10.3. The number of benzene rings is 2. The third kappa shape index (κ3) is 3.99. The summed E-state index contributed by atoms with van der Waals surface area (Å²) < 4.78 is 13.5. The van der Waals surface area contributed by atoms with E-state index in [2.05, 4.69) is 5.32 Å². The highest BCUT2D eigenvalue weighted by Gasteiger charge is 2.07. The van der Waals surface area contributed by atoms with E-state index < -0.39 is 5.82 Å². The topological polar surface area (TPSA) is 55.1 Å². The van der Waals surface area contributed by atoms with Crippen molar-refractivity contribution in [1.82, 2.24) is 0 Å². The summed E-state index contributed by atoms with van der Waals surface area (Å²) in [5.74, 6) is -0.428.